The van der Waals surface area contributed by atoms with Crippen LogP contribution < -0.4 is 10.2 Å². The first-order valence-electron chi connectivity index (χ1n) is 4.81. The van der Waals surface area contributed by atoms with Crippen LogP contribution in [0.4, 0.5) is 10.5 Å². The summed E-state index contributed by atoms with van der Waals surface area (Å²) in [7, 11) is 0. The van der Waals surface area contributed by atoms with Crippen molar-refractivity contribution in [2.75, 3.05) is 4.90 Å². The minimum atomic E-state index is -0.725. The number of carbonyl (C=O) groups is 3. The van der Waals surface area contributed by atoms with E-state index in [1.807, 2.05) is 6.92 Å². The van der Waals surface area contributed by atoms with E-state index in [1.54, 1.807) is 10.9 Å². The Kier molecular flexibility index (Phi) is 2.43. The van der Waals surface area contributed by atoms with Gasteiger partial charge < -0.3 is 0 Å². The number of anilines is 1. The van der Waals surface area contributed by atoms with E-state index in [9.17, 15) is 14.4 Å². The van der Waals surface area contributed by atoms with Crippen LogP contribution in [0.1, 0.15) is 13.3 Å². The topological polar surface area (TPSA) is 84.3 Å². The Bertz CT molecular complexity index is 445. The Hall–Kier alpha value is -2.18. The van der Waals surface area contributed by atoms with Crippen LogP contribution in [0.2, 0.25) is 0 Å². The van der Waals surface area contributed by atoms with Gasteiger partial charge in [0.25, 0.3) is 0 Å². The predicted octanol–water partition coefficient (Wildman–Crippen LogP) is -0.124. The number of imide groups is 2. The minimum absolute atomic E-state index is 0.316. The van der Waals surface area contributed by atoms with Crippen LogP contribution in [0.3, 0.4) is 0 Å². The van der Waals surface area contributed by atoms with E-state index >= 15 is 0 Å². The van der Waals surface area contributed by atoms with E-state index < -0.39 is 17.8 Å². The third-order valence-corrected chi connectivity index (χ3v) is 2.21. The summed E-state index contributed by atoms with van der Waals surface area (Å²) in [6.45, 7) is 2.53. The molecule has 0 spiro atoms. The SMILES string of the molecule is CCn1cc(N2C(=O)CC(=O)NC2=O)cn1. The van der Waals surface area contributed by atoms with Gasteiger partial charge in [-0.3, -0.25) is 19.6 Å². The van der Waals surface area contributed by atoms with Crippen molar-refractivity contribution in [3.05, 3.63) is 12.4 Å². The number of hydrogen-bond donors (Lipinski definition) is 1. The molecule has 1 N–H and O–H groups in total. The molecular formula is C9H10N4O3. The molecule has 0 saturated carbocycles. The lowest BCUT2D eigenvalue weighted by Gasteiger charge is -2.22. The summed E-state index contributed by atoms with van der Waals surface area (Å²) < 4.78 is 1.59. The molecule has 0 aromatic carbocycles. The van der Waals surface area contributed by atoms with E-state index in [-0.39, 0.29) is 6.42 Å². The average molecular weight is 222 g/mol. The molecule has 0 radical (unpaired) electrons. The maximum atomic E-state index is 11.5. The summed E-state index contributed by atoms with van der Waals surface area (Å²) in [4.78, 5) is 34.8. The lowest BCUT2D eigenvalue weighted by atomic mass is 10.3. The second-order valence-corrected chi connectivity index (χ2v) is 3.31. The van der Waals surface area contributed by atoms with Gasteiger partial charge in [0.2, 0.25) is 11.8 Å². The summed E-state index contributed by atoms with van der Waals surface area (Å²) >= 11 is 0. The van der Waals surface area contributed by atoms with Gasteiger partial charge in [-0.1, -0.05) is 0 Å². The van der Waals surface area contributed by atoms with Gasteiger partial charge in [-0.15, -0.1) is 0 Å². The average Bonchev–Trinajstić information content (AvgIpc) is 2.64. The summed E-state index contributed by atoms with van der Waals surface area (Å²) in [5.74, 6) is -1.11. The number of urea groups is 1. The molecule has 1 aliphatic rings. The van der Waals surface area contributed by atoms with Gasteiger partial charge in [-0.25, -0.2) is 9.69 Å². The molecule has 0 bridgehead atoms. The van der Waals surface area contributed by atoms with E-state index in [1.165, 1.54) is 6.20 Å². The molecule has 1 aliphatic heterocycles. The zero-order valence-corrected chi connectivity index (χ0v) is 8.64. The molecule has 1 fully saturated rings. The van der Waals surface area contributed by atoms with E-state index in [2.05, 4.69) is 10.4 Å². The molecule has 4 amide bonds. The van der Waals surface area contributed by atoms with Gasteiger partial charge in [0.05, 0.1) is 11.9 Å². The Labute approximate surface area is 91.0 Å². The number of nitrogens with one attached hydrogen (secondary N) is 1. The first-order valence-corrected chi connectivity index (χ1v) is 4.81. The van der Waals surface area contributed by atoms with Gasteiger partial charge in [0, 0.05) is 12.7 Å². The van der Waals surface area contributed by atoms with Crippen molar-refractivity contribution in [3.63, 3.8) is 0 Å². The Morgan fingerprint density at radius 2 is 2.19 bits per heavy atom. The molecule has 0 aliphatic carbocycles. The van der Waals surface area contributed by atoms with Crippen LogP contribution in [0.15, 0.2) is 12.4 Å². The van der Waals surface area contributed by atoms with Crippen molar-refractivity contribution in [2.45, 2.75) is 19.9 Å². The van der Waals surface area contributed by atoms with Crippen molar-refractivity contribution in [1.29, 1.82) is 0 Å². The highest BCUT2D eigenvalue weighted by Gasteiger charge is 2.32. The fraction of sp³-hybridized carbons (Fsp3) is 0.333. The molecule has 84 valence electrons. The predicted molar refractivity (Wildman–Crippen MR) is 53.5 cm³/mol. The van der Waals surface area contributed by atoms with Gasteiger partial charge in [0.15, 0.2) is 0 Å². The third kappa shape index (κ3) is 1.67. The normalized spacial score (nSPS) is 16.6. The van der Waals surface area contributed by atoms with E-state index in [4.69, 9.17) is 0 Å². The fourth-order valence-corrected chi connectivity index (χ4v) is 1.45. The van der Waals surface area contributed by atoms with Crippen LogP contribution in [0, 0.1) is 0 Å². The molecule has 1 saturated heterocycles. The van der Waals surface area contributed by atoms with Crippen molar-refractivity contribution in [2.24, 2.45) is 0 Å². The number of aryl methyl sites for hydroxylation is 1. The van der Waals surface area contributed by atoms with Crippen LogP contribution in [-0.2, 0) is 16.1 Å². The van der Waals surface area contributed by atoms with Gasteiger partial charge in [0.1, 0.15) is 6.42 Å². The standard InChI is InChI=1S/C9H10N4O3/c1-2-12-5-6(4-10-12)13-8(15)3-7(14)11-9(13)16/h4-5H,2-3H2,1H3,(H,11,14,16). The number of carbonyl (C=O) groups excluding carboxylic acids is 3. The number of hydrogen-bond acceptors (Lipinski definition) is 4. The number of barbiturate groups is 1. The quantitative estimate of drug-likeness (QED) is 0.707. The lowest BCUT2D eigenvalue weighted by molar-refractivity contribution is -0.128. The fourth-order valence-electron chi connectivity index (χ4n) is 1.45. The second kappa shape index (κ2) is 3.76. The molecule has 7 nitrogen and oxygen atoms in total. The molecule has 0 unspecified atom stereocenters. The van der Waals surface area contributed by atoms with Gasteiger partial charge in [-0.2, -0.15) is 5.10 Å². The zero-order chi connectivity index (χ0) is 11.7. The highest BCUT2D eigenvalue weighted by molar-refractivity contribution is 6.26. The number of amides is 4. The highest BCUT2D eigenvalue weighted by Crippen LogP contribution is 2.16. The van der Waals surface area contributed by atoms with E-state index in [0.717, 1.165) is 4.90 Å². The molecule has 16 heavy (non-hydrogen) atoms. The number of rotatable bonds is 2. The van der Waals surface area contributed by atoms with Gasteiger partial charge in [-0.05, 0) is 6.92 Å². The molecule has 2 heterocycles. The second-order valence-electron chi connectivity index (χ2n) is 3.31. The maximum Gasteiger partial charge on any atom is 0.335 e. The van der Waals surface area contributed by atoms with Crippen LogP contribution >= 0.6 is 0 Å². The van der Waals surface area contributed by atoms with E-state index in [0.29, 0.717) is 12.2 Å². The molecular weight excluding hydrogens is 212 g/mol. The first-order chi connectivity index (χ1) is 7.61. The molecule has 1 aromatic rings. The third-order valence-electron chi connectivity index (χ3n) is 2.21. The zero-order valence-electron chi connectivity index (χ0n) is 8.64. The first kappa shape index (κ1) is 10.3. The highest BCUT2D eigenvalue weighted by atomic mass is 16.2. The number of nitrogens with zero attached hydrogens (tertiary/aromatic N) is 3. The van der Waals surface area contributed by atoms with Gasteiger partial charge >= 0.3 is 6.03 Å². The summed E-state index contributed by atoms with van der Waals surface area (Å²) in [6, 6.07) is -0.725. The summed E-state index contributed by atoms with van der Waals surface area (Å²) in [5.41, 5.74) is 0.372. The molecule has 1 aromatic heterocycles. The van der Waals surface area contributed by atoms with Crippen molar-refractivity contribution >= 4 is 23.5 Å². The summed E-state index contributed by atoms with van der Waals surface area (Å²) in [6.07, 6.45) is 2.67. The van der Waals surface area contributed by atoms with Crippen molar-refractivity contribution in [3.8, 4) is 0 Å². The Morgan fingerprint density at radius 3 is 2.75 bits per heavy atom. The minimum Gasteiger partial charge on any atom is -0.277 e. The van der Waals surface area contributed by atoms with Crippen LogP contribution in [-0.4, -0.2) is 27.6 Å². The molecule has 2 rings (SSSR count). The largest absolute Gasteiger partial charge is 0.335 e. The maximum absolute atomic E-state index is 11.5. The smallest absolute Gasteiger partial charge is 0.277 e. The van der Waals surface area contributed by atoms with Crippen molar-refractivity contribution in [1.82, 2.24) is 15.1 Å². The molecule has 7 heteroatoms. The lowest BCUT2D eigenvalue weighted by Crippen LogP contribution is -2.52. The monoisotopic (exact) mass is 222 g/mol. The Balaban J connectivity index is 2.29. The van der Waals surface area contributed by atoms with Crippen LogP contribution in [0.25, 0.3) is 0 Å². The Morgan fingerprint density at radius 1 is 1.44 bits per heavy atom. The molecule has 0 atom stereocenters. The van der Waals surface area contributed by atoms with Crippen LogP contribution in [0.5, 0.6) is 0 Å². The summed E-state index contributed by atoms with van der Waals surface area (Å²) in [5, 5.41) is 6.03. The van der Waals surface area contributed by atoms with Crippen molar-refractivity contribution < 1.29 is 14.4 Å². The number of aromatic nitrogens is 2.